The Bertz CT molecular complexity index is 460. The Morgan fingerprint density at radius 2 is 2.45 bits per heavy atom. The van der Waals surface area contributed by atoms with E-state index in [4.69, 9.17) is 0 Å². The first-order chi connectivity index (χ1) is 9.76. The van der Waals surface area contributed by atoms with E-state index >= 15 is 0 Å². The van der Waals surface area contributed by atoms with Gasteiger partial charge in [-0.2, -0.15) is 0 Å². The van der Waals surface area contributed by atoms with Gasteiger partial charge < -0.3 is 20.1 Å². The summed E-state index contributed by atoms with van der Waals surface area (Å²) in [5.74, 6) is 1.34. The summed E-state index contributed by atoms with van der Waals surface area (Å²) in [6.45, 7) is 8.17. The third kappa shape index (κ3) is 2.80. The van der Waals surface area contributed by atoms with Crippen molar-refractivity contribution in [2.45, 2.75) is 26.3 Å². The predicted octanol–water partition coefficient (Wildman–Crippen LogP) is 0.770. The smallest absolute Gasteiger partial charge is 0.271 e. The normalized spacial score (nSPS) is 22.4. The molecule has 0 bridgehead atoms. The molecular weight excluding hydrogens is 254 g/mol. The van der Waals surface area contributed by atoms with Crippen molar-refractivity contribution in [3.05, 3.63) is 11.9 Å². The second-order valence-corrected chi connectivity index (χ2v) is 5.68. The van der Waals surface area contributed by atoms with Crippen LogP contribution in [0.25, 0.3) is 0 Å². The molecule has 0 aliphatic carbocycles. The van der Waals surface area contributed by atoms with Gasteiger partial charge in [0, 0.05) is 32.4 Å². The molecule has 3 rings (SSSR count). The lowest BCUT2D eigenvalue weighted by molar-refractivity contribution is 0.0943. The Labute approximate surface area is 119 Å². The summed E-state index contributed by atoms with van der Waals surface area (Å²) >= 11 is 0. The molecule has 6 heteroatoms. The van der Waals surface area contributed by atoms with Crippen molar-refractivity contribution >= 4 is 11.9 Å². The molecule has 1 amide bonds. The van der Waals surface area contributed by atoms with Crippen LogP contribution in [0.4, 0.5) is 5.95 Å². The Balaban J connectivity index is 1.53. The van der Waals surface area contributed by atoms with Crippen LogP contribution in [0.2, 0.25) is 0 Å². The molecule has 1 aromatic rings. The van der Waals surface area contributed by atoms with Crippen molar-refractivity contribution in [3.63, 3.8) is 0 Å². The third-order valence-corrected chi connectivity index (χ3v) is 4.24. The molecule has 1 unspecified atom stereocenters. The second-order valence-electron chi connectivity index (χ2n) is 5.68. The van der Waals surface area contributed by atoms with Gasteiger partial charge in [0.05, 0.1) is 0 Å². The highest BCUT2D eigenvalue weighted by Crippen LogP contribution is 2.16. The van der Waals surface area contributed by atoms with Crippen molar-refractivity contribution in [3.8, 4) is 0 Å². The molecule has 1 saturated heterocycles. The van der Waals surface area contributed by atoms with E-state index < -0.39 is 0 Å². The van der Waals surface area contributed by atoms with Crippen LogP contribution in [0.1, 0.15) is 30.3 Å². The minimum Gasteiger partial charge on any atom is -0.356 e. The summed E-state index contributed by atoms with van der Waals surface area (Å²) in [6.07, 6.45) is 4.11. The van der Waals surface area contributed by atoms with Crippen LogP contribution in [0.3, 0.4) is 0 Å². The van der Waals surface area contributed by atoms with E-state index in [2.05, 4.69) is 27.4 Å². The van der Waals surface area contributed by atoms with E-state index in [1.807, 2.05) is 10.8 Å². The van der Waals surface area contributed by atoms with Crippen molar-refractivity contribution in [1.29, 1.82) is 0 Å². The van der Waals surface area contributed by atoms with Crippen LogP contribution in [0.15, 0.2) is 6.20 Å². The highest BCUT2D eigenvalue weighted by molar-refractivity contribution is 5.92. The van der Waals surface area contributed by atoms with Gasteiger partial charge in [0.2, 0.25) is 5.95 Å². The lowest BCUT2D eigenvalue weighted by Gasteiger charge is -2.14. The maximum Gasteiger partial charge on any atom is 0.271 e. The van der Waals surface area contributed by atoms with Crippen LogP contribution >= 0.6 is 0 Å². The van der Waals surface area contributed by atoms with Crippen molar-refractivity contribution in [1.82, 2.24) is 19.8 Å². The minimum absolute atomic E-state index is 0.0522. The number of nitrogens with zero attached hydrogens (tertiary/aromatic N) is 3. The maximum absolute atomic E-state index is 12.1. The summed E-state index contributed by atoms with van der Waals surface area (Å²) in [5, 5.41) is 6.24. The summed E-state index contributed by atoms with van der Waals surface area (Å²) in [4.78, 5) is 18.9. The number of aromatic nitrogens is 2. The molecule has 0 spiro atoms. The third-order valence-electron chi connectivity index (χ3n) is 4.24. The Hall–Kier alpha value is -1.56. The number of likely N-dealkylation sites (tertiary alicyclic amines) is 1. The quantitative estimate of drug-likeness (QED) is 0.853. The highest BCUT2D eigenvalue weighted by Gasteiger charge is 2.22. The number of hydrogen-bond donors (Lipinski definition) is 2. The molecular formula is C14H23N5O. The molecule has 3 heterocycles. The fraction of sp³-hybridized carbons (Fsp3) is 0.714. The van der Waals surface area contributed by atoms with Crippen molar-refractivity contribution < 1.29 is 4.79 Å². The highest BCUT2D eigenvalue weighted by atomic mass is 16.1. The minimum atomic E-state index is -0.0522. The number of fused-ring (bicyclic) bond motifs is 1. The molecule has 1 aromatic heterocycles. The maximum atomic E-state index is 12.1. The Morgan fingerprint density at radius 3 is 3.20 bits per heavy atom. The second kappa shape index (κ2) is 5.83. The van der Waals surface area contributed by atoms with E-state index in [0.717, 1.165) is 51.6 Å². The molecule has 0 aromatic carbocycles. The lowest BCUT2D eigenvalue weighted by atomic mass is 10.1. The first kappa shape index (κ1) is 13.4. The lowest BCUT2D eigenvalue weighted by Crippen LogP contribution is -2.31. The van der Waals surface area contributed by atoms with Crippen molar-refractivity contribution in [2.75, 3.05) is 38.0 Å². The molecule has 2 aliphatic rings. The number of imidazole rings is 1. The van der Waals surface area contributed by atoms with E-state index in [1.165, 1.54) is 6.42 Å². The van der Waals surface area contributed by atoms with E-state index in [-0.39, 0.29) is 5.91 Å². The topological polar surface area (TPSA) is 62.2 Å². The SMILES string of the molecule is CCN1CCC(CNC(=O)c2cn3c(n2)NCCC3)C1. The fourth-order valence-corrected chi connectivity index (χ4v) is 2.98. The molecule has 2 aliphatic heterocycles. The summed E-state index contributed by atoms with van der Waals surface area (Å²) < 4.78 is 2.02. The summed E-state index contributed by atoms with van der Waals surface area (Å²) in [5.41, 5.74) is 0.528. The predicted molar refractivity (Wildman–Crippen MR) is 77.9 cm³/mol. The van der Waals surface area contributed by atoms with Gasteiger partial charge in [-0.25, -0.2) is 4.98 Å². The molecule has 2 N–H and O–H groups in total. The average Bonchev–Trinajstić information content (AvgIpc) is 3.10. The molecule has 0 radical (unpaired) electrons. The van der Waals surface area contributed by atoms with Gasteiger partial charge in [-0.05, 0) is 31.8 Å². The fourth-order valence-electron chi connectivity index (χ4n) is 2.98. The van der Waals surface area contributed by atoms with Crippen LogP contribution in [0.5, 0.6) is 0 Å². The number of anilines is 1. The molecule has 20 heavy (non-hydrogen) atoms. The van der Waals surface area contributed by atoms with Gasteiger partial charge in [0.1, 0.15) is 5.69 Å². The van der Waals surface area contributed by atoms with Crippen LogP contribution in [0, 0.1) is 5.92 Å². The van der Waals surface area contributed by atoms with E-state index in [0.29, 0.717) is 11.6 Å². The zero-order chi connectivity index (χ0) is 13.9. The zero-order valence-corrected chi connectivity index (χ0v) is 12.1. The van der Waals surface area contributed by atoms with Gasteiger partial charge in [0.25, 0.3) is 5.91 Å². The zero-order valence-electron chi connectivity index (χ0n) is 12.1. The first-order valence-electron chi connectivity index (χ1n) is 7.58. The number of rotatable bonds is 4. The molecule has 1 fully saturated rings. The summed E-state index contributed by atoms with van der Waals surface area (Å²) in [7, 11) is 0. The van der Waals surface area contributed by atoms with Gasteiger partial charge in [0.15, 0.2) is 0 Å². The Morgan fingerprint density at radius 1 is 1.55 bits per heavy atom. The molecule has 1 atom stereocenters. The number of aryl methyl sites for hydroxylation is 1. The number of nitrogens with one attached hydrogen (secondary N) is 2. The molecule has 0 saturated carbocycles. The van der Waals surface area contributed by atoms with Gasteiger partial charge in [-0.15, -0.1) is 0 Å². The first-order valence-corrected chi connectivity index (χ1v) is 7.58. The van der Waals surface area contributed by atoms with Gasteiger partial charge in [-0.1, -0.05) is 6.92 Å². The number of carbonyl (C=O) groups is 1. The molecule has 110 valence electrons. The van der Waals surface area contributed by atoms with E-state index in [1.54, 1.807) is 0 Å². The van der Waals surface area contributed by atoms with Crippen molar-refractivity contribution in [2.24, 2.45) is 5.92 Å². The number of carbonyl (C=O) groups excluding carboxylic acids is 1. The number of hydrogen-bond acceptors (Lipinski definition) is 4. The van der Waals surface area contributed by atoms with E-state index in [9.17, 15) is 4.79 Å². The van der Waals surface area contributed by atoms with Gasteiger partial charge >= 0.3 is 0 Å². The monoisotopic (exact) mass is 277 g/mol. The molecule has 6 nitrogen and oxygen atoms in total. The van der Waals surface area contributed by atoms with Gasteiger partial charge in [-0.3, -0.25) is 4.79 Å². The van der Waals surface area contributed by atoms with Crippen LogP contribution < -0.4 is 10.6 Å². The standard InChI is InChI=1S/C14H23N5O/c1-2-18-7-4-11(9-18)8-16-13(20)12-10-19-6-3-5-15-14(19)17-12/h10-11H,2-9H2,1H3,(H,15,17)(H,16,20). The largest absolute Gasteiger partial charge is 0.356 e. The van der Waals surface area contributed by atoms with Crippen LogP contribution in [-0.4, -0.2) is 53.1 Å². The van der Waals surface area contributed by atoms with Crippen LogP contribution in [-0.2, 0) is 6.54 Å². The summed E-state index contributed by atoms with van der Waals surface area (Å²) in [6, 6.07) is 0. The Kier molecular flexibility index (Phi) is 3.91. The average molecular weight is 277 g/mol. The number of amides is 1.